The maximum absolute atomic E-state index is 11.2. The molecule has 0 spiro atoms. The molecule has 0 saturated carbocycles. The molecule has 1 aromatic carbocycles. The van der Waals surface area contributed by atoms with Crippen molar-refractivity contribution in [3.63, 3.8) is 0 Å². The van der Waals surface area contributed by atoms with Gasteiger partial charge in [-0.3, -0.25) is 10.1 Å². The van der Waals surface area contributed by atoms with E-state index in [2.05, 4.69) is 10.3 Å². The Bertz CT molecular complexity index is 909. The molecule has 26 heavy (non-hydrogen) atoms. The topological polar surface area (TPSA) is 172 Å². The second kappa shape index (κ2) is 6.29. The van der Waals surface area contributed by atoms with E-state index >= 15 is 0 Å². The normalized spacial score (nSPS) is 25.6. The molecule has 11 heteroatoms. The summed E-state index contributed by atoms with van der Waals surface area (Å²) in [6.45, 7) is 0. The van der Waals surface area contributed by atoms with Gasteiger partial charge in [-0.1, -0.05) is 11.3 Å². The number of benzene rings is 1. The number of hydrogen-bond donors (Lipinski definition) is 4. The molecule has 1 heterocycles. The minimum atomic E-state index is -2.36. The smallest absolute Gasteiger partial charge is 0.339 e. The number of aliphatic hydroxyl groups is 3. The minimum Gasteiger partial charge on any atom is -0.479 e. The van der Waals surface area contributed by atoms with Gasteiger partial charge in [0, 0.05) is 24.1 Å². The number of rotatable bonds is 4. The lowest BCUT2D eigenvalue weighted by molar-refractivity contribution is -0.384. The molecule has 0 radical (unpaired) electrons. The van der Waals surface area contributed by atoms with Gasteiger partial charge in [-0.25, -0.2) is 9.48 Å². The molecule has 4 N–H and O–H groups in total. The average molecular weight is 362 g/mol. The number of carboxylic acids is 1. The van der Waals surface area contributed by atoms with Crippen LogP contribution in [-0.2, 0) is 4.79 Å². The van der Waals surface area contributed by atoms with Gasteiger partial charge < -0.3 is 20.4 Å². The van der Waals surface area contributed by atoms with Crippen molar-refractivity contribution >= 4 is 17.2 Å². The standard InChI is InChI=1S/C15H14N4O7/c20-12-6-15(24,14(22)23)5-10(13(12)21)11-7-18(17-16-11)8-2-1-3-9(4-8)19(25)26/h1-5,7,12-13,20-21,24H,6H2,(H,22,23)/t12-,13-,15+/m1/s1. The van der Waals surface area contributed by atoms with Crippen molar-refractivity contribution < 1.29 is 30.1 Å². The first kappa shape index (κ1) is 17.7. The van der Waals surface area contributed by atoms with Crippen LogP contribution in [-0.4, -0.2) is 64.1 Å². The zero-order valence-corrected chi connectivity index (χ0v) is 13.1. The Morgan fingerprint density at radius 2 is 2.12 bits per heavy atom. The third-order valence-corrected chi connectivity index (χ3v) is 4.06. The molecule has 11 nitrogen and oxygen atoms in total. The predicted octanol–water partition coefficient (Wildman–Crippen LogP) is -0.500. The van der Waals surface area contributed by atoms with Crippen molar-refractivity contribution in [1.82, 2.24) is 15.0 Å². The van der Waals surface area contributed by atoms with Crippen LogP contribution in [0.15, 0.2) is 36.5 Å². The van der Waals surface area contributed by atoms with Gasteiger partial charge >= 0.3 is 5.97 Å². The molecule has 136 valence electrons. The molecule has 1 aliphatic rings. The number of nitrogens with zero attached hydrogens (tertiary/aromatic N) is 4. The monoisotopic (exact) mass is 362 g/mol. The largest absolute Gasteiger partial charge is 0.479 e. The number of aliphatic carboxylic acids is 1. The van der Waals surface area contributed by atoms with E-state index in [1.165, 1.54) is 29.1 Å². The number of carbonyl (C=O) groups is 1. The van der Waals surface area contributed by atoms with Gasteiger partial charge in [0.05, 0.1) is 22.9 Å². The average Bonchev–Trinajstić information content (AvgIpc) is 3.08. The molecule has 1 aromatic heterocycles. The van der Waals surface area contributed by atoms with Gasteiger partial charge in [0.25, 0.3) is 5.69 Å². The summed E-state index contributed by atoms with van der Waals surface area (Å²) in [5.74, 6) is -1.58. The summed E-state index contributed by atoms with van der Waals surface area (Å²) in [7, 11) is 0. The summed E-state index contributed by atoms with van der Waals surface area (Å²) in [5, 5.41) is 57.7. The Labute approximate surface area is 145 Å². The molecule has 1 aliphatic carbocycles. The van der Waals surface area contributed by atoms with Crippen LogP contribution in [0.25, 0.3) is 11.3 Å². The zero-order valence-electron chi connectivity index (χ0n) is 13.1. The van der Waals surface area contributed by atoms with E-state index in [0.717, 1.165) is 6.08 Å². The summed E-state index contributed by atoms with van der Waals surface area (Å²) in [6.07, 6.45) is -1.35. The predicted molar refractivity (Wildman–Crippen MR) is 85.2 cm³/mol. The Morgan fingerprint density at radius 1 is 1.38 bits per heavy atom. The number of hydrogen-bond acceptors (Lipinski definition) is 8. The number of carboxylic acid groups (broad SMARTS) is 1. The molecule has 0 unspecified atom stereocenters. The summed E-state index contributed by atoms with van der Waals surface area (Å²) >= 11 is 0. The van der Waals surface area contributed by atoms with E-state index < -0.39 is 35.1 Å². The molecule has 3 rings (SSSR count). The van der Waals surface area contributed by atoms with Crippen molar-refractivity contribution in [3.05, 3.63) is 52.3 Å². The van der Waals surface area contributed by atoms with Gasteiger partial charge in [-0.2, -0.15) is 0 Å². The van der Waals surface area contributed by atoms with E-state index in [1.807, 2.05) is 0 Å². The maximum atomic E-state index is 11.2. The highest BCUT2D eigenvalue weighted by molar-refractivity contribution is 5.85. The van der Waals surface area contributed by atoms with Gasteiger partial charge in [0.1, 0.15) is 11.8 Å². The van der Waals surface area contributed by atoms with Crippen molar-refractivity contribution in [2.24, 2.45) is 0 Å². The van der Waals surface area contributed by atoms with Gasteiger partial charge in [-0.05, 0) is 12.1 Å². The van der Waals surface area contributed by atoms with Crippen LogP contribution in [0, 0.1) is 10.1 Å². The van der Waals surface area contributed by atoms with Crippen LogP contribution in [0.2, 0.25) is 0 Å². The minimum absolute atomic E-state index is 0.0161. The van der Waals surface area contributed by atoms with E-state index in [4.69, 9.17) is 5.11 Å². The van der Waals surface area contributed by atoms with Crippen LogP contribution in [0.5, 0.6) is 0 Å². The molecule has 0 bridgehead atoms. The van der Waals surface area contributed by atoms with Crippen LogP contribution in [0.3, 0.4) is 0 Å². The number of aliphatic hydroxyl groups excluding tert-OH is 2. The SMILES string of the molecule is O=C(O)[C@]1(O)C=C(c2cn(-c3cccc([N+](=O)[O-])c3)nn2)[C@@H](O)[C@H](O)C1. The van der Waals surface area contributed by atoms with E-state index in [-0.39, 0.29) is 17.0 Å². The second-order valence-electron chi connectivity index (χ2n) is 5.87. The quantitative estimate of drug-likeness (QED) is 0.413. The highest BCUT2D eigenvalue weighted by Gasteiger charge is 2.44. The first-order valence-electron chi connectivity index (χ1n) is 7.43. The summed E-state index contributed by atoms with van der Waals surface area (Å²) < 4.78 is 1.19. The van der Waals surface area contributed by atoms with Gasteiger partial charge in [0.2, 0.25) is 0 Å². The fourth-order valence-electron chi connectivity index (χ4n) is 2.69. The van der Waals surface area contributed by atoms with Gasteiger partial charge in [-0.15, -0.1) is 5.10 Å². The Hall–Kier alpha value is -3.15. The number of nitro groups is 1. The molecule has 0 fully saturated rings. The van der Waals surface area contributed by atoms with Crippen molar-refractivity contribution in [2.75, 3.05) is 0 Å². The highest BCUT2D eigenvalue weighted by atomic mass is 16.6. The third-order valence-electron chi connectivity index (χ3n) is 4.06. The highest BCUT2D eigenvalue weighted by Crippen LogP contribution is 2.33. The Morgan fingerprint density at radius 3 is 2.77 bits per heavy atom. The van der Waals surface area contributed by atoms with Crippen LogP contribution >= 0.6 is 0 Å². The lowest BCUT2D eigenvalue weighted by atomic mass is 9.82. The molecule has 2 aromatic rings. The van der Waals surface area contributed by atoms with Crippen LogP contribution < -0.4 is 0 Å². The van der Waals surface area contributed by atoms with E-state index in [9.17, 15) is 30.2 Å². The molecule has 0 aliphatic heterocycles. The number of nitro benzene ring substituents is 1. The Kier molecular flexibility index (Phi) is 4.28. The summed E-state index contributed by atoms with van der Waals surface area (Å²) in [5.41, 5.74) is -2.29. The van der Waals surface area contributed by atoms with Crippen molar-refractivity contribution in [2.45, 2.75) is 24.2 Å². The molecular formula is C15H14N4O7. The summed E-state index contributed by atoms with van der Waals surface area (Å²) in [4.78, 5) is 21.5. The number of non-ortho nitro benzene ring substituents is 1. The first-order valence-corrected chi connectivity index (χ1v) is 7.43. The van der Waals surface area contributed by atoms with E-state index in [0.29, 0.717) is 5.69 Å². The number of aromatic nitrogens is 3. The van der Waals surface area contributed by atoms with Crippen LogP contribution in [0.4, 0.5) is 5.69 Å². The van der Waals surface area contributed by atoms with E-state index in [1.54, 1.807) is 6.07 Å². The maximum Gasteiger partial charge on any atom is 0.339 e. The Balaban J connectivity index is 2.01. The van der Waals surface area contributed by atoms with Crippen LogP contribution in [0.1, 0.15) is 12.1 Å². The summed E-state index contributed by atoms with van der Waals surface area (Å²) in [6, 6.07) is 5.56. The molecular weight excluding hydrogens is 348 g/mol. The molecule has 0 saturated heterocycles. The fourth-order valence-corrected chi connectivity index (χ4v) is 2.69. The zero-order chi connectivity index (χ0) is 19.1. The molecule has 3 atom stereocenters. The molecule has 0 amide bonds. The fraction of sp³-hybridized carbons (Fsp3) is 0.267. The first-order chi connectivity index (χ1) is 12.2. The van der Waals surface area contributed by atoms with Crippen molar-refractivity contribution in [3.8, 4) is 5.69 Å². The lowest BCUT2D eigenvalue weighted by Gasteiger charge is -2.32. The lowest BCUT2D eigenvalue weighted by Crippen LogP contribution is -2.47. The second-order valence-corrected chi connectivity index (χ2v) is 5.87. The third kappa shape index (κ3) is 3.06. The van der Waals surface area contributed by atoms with Crippen molar-refractivity contribution in [1.29, 1.82) is 0 Å². The van der Waals surface area contributed by atoms with Gasteiger partial charge in [0.15, 0.2) is 5.60 Å².